The van der Waals surface area contributed by atoms with Gasteiger partial charge in [-0.3, -0.25) is 4.79 Å². The molecule has 1 aromatic rings. The number of amides is 1. The van der Waals surface area contributed by atoms with Crippen LogP contribution in [-0.4, -0.2) is 50.5 Å². The Morgan fingerprint density at radius 2 is 1.82 bits per heavy atom. The van der Waals surface area contributed by atoms with Crippen molar-refractivity contribution < 1.29 is 32.3 Å². The molecule has 154 valence electrons. The van der Waals surface area contributed by atoms with E-state index in [0.717, 1.165) is 11.3 Å². The number of carbonyl (C=O) groups is 3. The highest BCUT2D eigenvalue weighted by atomic mass is 32.2. The first kappa shape index (κ1) is 23.6. The number of esters is 2. The van der Waals surface area contributed by atoms with Crippen molar-refractivity contribution in [2.75, 3.05) is 24.3 Å². The molecule has 1 N–H and O–H groups in total. The normalized spacial score (nSPS) is 12.0. The lowest BCUT2D eigenvalue weighted by Crippen LogP contribution is -2.33. The average molecular weight is 430 g/mol. The summed E-state index contributed by atoms with van der Waals surface area (Å²) in [5.74, 6) is -2.63. The highest BCUT2D eigenvalue weighted by Gasteiger charge is 2.31. The summed E-state index contributed by atoms with van der Waals surface area (Å²) in [5, 5.41) is 1.07. The van der Waals surface area contributed by atoms with Crippen LogP contribution in [0.3, 0.4) is 0 Å². The third kappa shape index (κ3) is 5.52. The number of hydrogen-bond acceptors (Lipinski definition) is 8. The van der Waals surface area contributed by atoms with Crippen LogP contribution in [0.5, 0.6) is 0 Å². The van der Waals surface area contributed by atoms with Crippen LogP contribution < -0.4 is 5.32 Å². The number of thiophene rings is 1. The van der Waals surface area contributed by atoms with E-state index in [1.54, 1.807) is 6.92 Å². The number of hydrogen-bond donors (Lipinski definition) is 1. The molecule has 28 heavy (non-hydrogen) atoms. The standard InChI is InChI=1S/C18H23NO7S2/c1-6-9-26-18(22)14-11(4)13(17(21)25-8-3)16(27-14)19-15(20)12(5)28(23,24)10-7-2/h6-7,12H,1-2,8-10H2,3-5H3,(H,19,20). The Bertz CT molecular complexity index is 884. The van der Waals surface area contributed by atoms with Crippen molar-refractivity contribution in [2.45, 2.75) is 26.0 Å². The second kappa shape index (κ2) is 10.2. The van der Waals surface area contributed by atoms with Crippen LogP contribution >= 0.6 is 11.3 Å². The first-order chi connectivity index (χ1) is 13.1. The maximum atomic E-state index is 12.4. The van der Waals surface area contributed by atoms with Gasteiger partial charge in [-0.2, -0.15) is 0 Å². The third-order valence-corrected chi connectivity index (χ3v) is 6.82. The molecular formula is C18H23NO7S2. The Morgan fingerprint density at radius 3 is 2.36 bits per heavy atom. The summed E-state index contributed by atoms with van der Waals surface area (Å²) in [6.07, 6.45) is 2.58. The van der Waals surface area contributed by atoms with Gasteiger partial charge in [0.1, 0.15) is 21.7 Å². The van der Waals surface area contributed by atoms with Gasteiger partial charge < -0.3 is 14.8 Å². The number of ether oxygens (including phenoxy) is 2. The monoisotopic (exact) mass is 429 g/mol. The van der Waals surface area contributed by atoms with Gasteiger partial charge in [0.05, 0.1) is 17.9 Å². The number of sulfone groups is 1. The molecule has 1 rings (SSSR count). The van der Waals surface area contributed by atoms with E-state index in [9.17, 15) is 22.8 Å². The quantitative estimate of drug-likeness (QED) is 0.449. The average Bonchev–Trinajstić information content (AvgIpc) is 2.95. The highest BCUT2D eigenvalue weighted by molar-refractivity contribution is 7.92. The highest BCUT2D eigenvalue weighted by Crippen LogP contribution is 2.34. The summed E-state index contributed by atoms with van der Waals surface area (Å²) < 4.78 is 34.1. The fourth-order valence-electron chi connectivity index (χ4n) is 2.13. The molecule has 0 bridgehead atoms. The summed E-state index contributed by atoms with van der Waals surface area (Å²) in [6.45, 7) is 11.2. The lowest BCUT2D eigenvalue weighted by atomic mass is 10.1. The number of anilines is 1. The SMILES string of the molecule is C=CCOC(=O)c1sc(NC(=O)C(C)S(=O)(=O)CC=C)c(C(=O)OCC)c1C. The summed E-state index contributed by atoms with van der Waals surface area (Å²) in [7, 11) is -3.75. The van der Waals surface area contributed by atoms with Gasteiger partial charge in [-0.1, -0.05) is 18.7 Å². The molecule has 1 amide bonds. The molecule has 1 unspecified atom stereocenters. The second-order valence-electron chi connectivity index (χ2n) is 5.62. The lowest BCUT2D eigenvalue weighted by Gasteiger charge is -2.12. The van der Waals surface area contributed by atoms with E-state index in [1.165, 1.54) is 26.0 Å². The van der Waals surface area contributed by atoms with Crippen molar-refractivity contribution in [3.05, 3.63) is 41.3 Å². The van der Waals surface area contributed by atoms with Gasteiger partial charge in [0.25, 0.3) is 0 Å². The summed E-state index contributed by atoms with van der Waals surface area (Å²) in [4.78, 5) is 37.1. The van der Waals surface area contributed by atoms with Crippen LogP contribution in [0.2, 0.25) is 0 Å². The Morgan fingerprint density at radius 1 is 1.18 bits per heavy atom. The maximum Gasteiger partial charge on any atom is 0.348 e. The van der Waals surface area contributed by atoms with Crippen molar-refractivity contribution in [3.63, 3.8) is 0 Å². The maximum absolute atomic E-state index is 12.4. The minimum Gasteiger partial charge on any atom is -0.462 e. The van der Waals surface area contributed by atoms with Gasteiger partial charge in [0, 0.05) is 0 Å². The van der Waals surface area contributed by atoms with Gasteiger partial charge in [0.15, 0.2) is 9.84 Å². The smallest absolute Gasteiger partial charge is 0.348 e. The van der Waals surface area contributed by atoms with Crippen molar-refractivity contribution >= 4 is 44.0 Å². The van der Waals surface area contributed by atoms with Crippen LogP contribution in [0.4, 0.5) is 5.00 Å². The van der Waals surface area contributed by atoms with Crippen LogP contribution in [0.15, 0.2) is 25.3 Å². The van der Waals surface area contributed by atoms with E-state index < -0.39 is 32.9 Å². The molecule has 0 aliphatic heterocycles. The Hall–Kier alpha value is -2.46. The lowest BCUT2D eigenvalue weighted by molar-refractivity contribution is -0.115. The van der Waals surface area contributed by atoms with E-state index >= 15 is 0 Å². The zero-order valence-corrected chi connectivity index (χ0v) is 17.6. The molecule has 0 fully saturated rings. The van der Waals surface area contributed by atoms with Crippen LogP contribution in [0.25, 0.3) is 0 Å². The summed E-state index contributed by atoms with van der Waals surface area (Å²) >= 11 is 0.812. The van der Waals surface area contributed by atoms with E-state index in [-0.39, 0.29) is 40.0 Å². The fourth-order valence-corrected chi connectivity index (χ4v) is 4.22. The largest absolute Gasteiger partial charge is 0.462 e. The van der Waals surface area contributed by atoms with Crippen LogP contribution in [-0.2, 0) is 24.1 Å². The number of nitrogens with one attached hydrogen (secondary N) is 1. The van der Waals surface area contributed by atoms with Gasteiger partial charge in [-0.15, -0.1) is 17.9 Å². The molecule has 0 spiro atoms. The molecule has 0 aliphatic rings. The molecule has 0 aromatic carbocycles. The van der Waals surface area contributed by atoms with Crippen molar-refractivity contribution in [2.24, 2.45) is 0 Å². The zero-order valence-electron chi connectivity index (χ0n) is 15.9. The predicted octanol–water partition coefficient (Wildman–Crippen LogP) is 2.50. The molecule has 0 radical (unpaired) electrons. The first-order valence-electron chi connectivity index (χ1n) is 8.32. The predicted molar refractivity (Wildman–Crippen MR) is 108 cm³/mol. The third-order valence-electron chi connectivity index (χ3n) is 3.64. The minimum atomic E-state index is -3.75. The number of carbonyl (C=O) groups excluding carboxylic acids is 3. The van der Waals surface area contributed by atoms with Crippen molar-refractivity contribution in [3.8, 4) is 0 Å². The van der Waals surface area contributed by atoms with Crippen LogP contribution in [0, 0.1) is 6.92 Å². The molecule has 0 saturated carbocycles. The number of rotatable bonds is 10. The van der Waals surface area contributed by atoms with Crippen molar-refractivity contribution in [1.82, 2.24) is 0 Å². The summed E-state index contributed by atoms with van der Waals surface area (Å²) in [5.41, 5.74) is 0.258. The molecule has 1 atom stereocenters. The molecule has 8 nitrogen and oxygen atoms in total. The Kier molecular flexibility index (Phi) is 8.58. The Balaban J connectivity index is 3.30. The molecule has 10 heteroatoms. The molecule has 1 heterocycles. The minimum absolute atomic E-state index is 0.0147. The molecule has 0 aliphatic carbocycles. The molecular weight excluding hydrogens is 406 g/mol. The summed E-state index contributed by atoms with van der Waals surface area (Å²) in [6, 6.07) is 0. The topological polar surface area (TPSA) is 116 Å². The van der Waals surface area contributed by atoms with Crippen molar-refractivity contribution in [1.29, 1.82) is 0 Å². The van der Waals surface area contributed by atoms with Crippen LogP contribution in [0.1, 0.15) is 39.4 Å². The second-order valence-corrected chi connectivity index (χ2v) is 9.00. The molecule has 0 saturated heterocycles. The fraction of sp³-hybridized carbons (Fsp3) is 0.389. The first-order valence-corrected chi connectivity index (χ1v) is 10.9. The van der Waals surface area contributed by atoms with E-state index in [4.69, 9.17) is 9.47 Å². The van der Waals surface area contributed by atoms with E-state index in [2.05, 4.69) is 18.5 Å². The zero-order chi connectivity index (χ0) is 21.5. The van der Waals surface area contributed by atoms with E-state index in [0.29, 0.717) is 0 Å². The van der Waals surface area contributed by atoms with Gasteiger partial charge in [0.2, 0.25) is 5.91 Å². The van der Waals surface area contributed by atoms with Gasteiger partial charge in [-0.25, -0.2) is 18.0 Å². The van der Waals surface area contributed by atoms with Gasteiger partial charge >= 0.3 is 11.9 Å². The Labute approximate surface area is 168 Å². The van der Waals surface area contributed by atoms with E-state index in [1.807, 2.05) is 0 Å². The van der Waals surface area contributed by atoms with Gasteiger partial charge in [-0.05, 0) is 26.3 Å². The molecule has 1 aromatic heterocycles.